The van der Waals surface area contributed by atoms with Gasteiger partial charge in [-0.25, -0.2) is 0 Å². The number of hydrogen-bond acceptors (Lipinski definition) is 9. The lowest BCUT2D eigenvalue weighted by atomic mass is 9.82. The van der Waals surface area contributed by atoms with E-state index in [0.717, 1.165) is 5.56 Å². The van der Waals surface area contributed by atoms with Crippen LogP contribution in [0.3, 0.4) is 0 Å². The van der Waals surface area contributed by atoms with Gasteiger partial charge in [0, 0.05) is 11.3 Å². The summed E-state index contributed by atoms with van der Waals surface area (Å²) in [4.78, 5) is 8.29. The van der Waals surface area contributed by atoms with Crippen molar-refractivity contribution >= 4 is 17.6 Å². The van der Waals surface area contributed by atoms with Crippen LogP contribution in [0.15, 0.2) is 23.4 Å². The summed E-state index contributed by atoms with van der Waals surface area (Å²) in [6.45, 7) is 1.79. The van der Waals surface area contributed by atoms with E-state index in [1.807, 2.05) is 0 Å². The van der Waals surface area contributed by atoms with Crippen molar-refractivity contribution < 1.29 is 14.2 Å². The third kappa shape index (κ3) is 2.91. The van der Waals surface area contributed by atoms with Gasteiger partial charge in [-0.05, 0) is 24.6 Å². The normalized spacial score (nSPS) is 15.4. The molecule has 9 heteroatoms. The zero-order chi connectivity index (χ0) is 19.7. The first-order valence-electron chi connectivity index (χ1n) is 8.05. The smallest absolute Gasteiger partial charge is 0.223 e. The first-order valence-corrected chi connectivity index (χ1v) is 8.05. The SMILES string of the molecule is COc1cc([C@H]2C(C#N)=C(C)Nc3nc(N)nc(N)c32)cc(OC)c1OC. The molecule has 1 aromatic heterocycles. The van der Waals surface area contributed by atoms with E-state index in [1.54, 1.807) is 19.1 Å². The summed E-state index contributed by atoms with van der Waals surface area (Å²) in [7, 11) is 4.59. The maximum absolute atomic E-state index is 9.78. The Bertz CT molecular complexity index is 955. The summed E-state index contributed by atoms with van der Waals surface area (Å²) in [6, 6.07) is 5.81. The van der Waals surface area contributed by atoms with Crippen LogP contribution >= 0.6 is 0 Å². The van der Waals surface area contributed by atoms with Crippen molar-refractivity contribution in [1.82, 2.24) is 9.97 Å². The topological polar surface area (TPSA) is 141 Å². The molecule has 2 aromatic rings. The van der Waals surface area contributed by atoms with Gasteiger partial charge in [-0.1, -0.05) is 0 Å². The average molecular weight is 368 g/mol. The van der Waals surface area contributed by atoms with Gasteiger partial charge in [-0.3, -0.25) is 0 Å². The molecule has 5 N–H and O–H groups in total. The molecule has 0 bridgehead atoms. The Morgan fingerprint density at radius 1 is 1.07 bits per heavy atom. The van der Waals surface area contributed by atoms with Crippen LogP contribution in [0.25, 0.3) is 0 Å². The Kier molecular flexibility index (Phi) is 4.64. The van der Waals surface area contributed by atoms with Gasteiger partial charge in [0.2, 0.25) is 11.7 Å². The van der Waals surface area contributed by atoms with Gasteiger partial charge < -0.3 is 31.0 Å². The molecule has 0 saturated heterocycles. The molecule has 0 aliphatic carbocycles. The highest BCUT2D eigenvalue weighted by atomic mass is 16.5. The van der Waals surface area contributed by atoms with E-state index in [2.05, 4.69) is 21.4 Å². The molecule has 9 nitrogen and oxygen atoms in total. The van der Waals surface area contributed by atoms with Crippen molar-refractivity contribution in [2.45, 2.75) is 12.8 Å². The van der Waals surface area contributed by atoms with Gasteiger partial charge in [0.15, 0.2) is 11.5 Å². The van der Waals surface area contributed by atoms with E-state index in [4.69, 9.17) is 25.7 Å². The van der Waals surface area contributed by atoms with Crippen LogP contribution in [0.5, 0.6) is 17.2 Å². The molecule has 140 valence electrons. The molecule has 1 aliphatic heterocycles. The van der Waals surface area contributed by atoms with Crippen LogP contribution in [0.1, 0.15) is 24.0 Å². The molecular formula is C18H20N6O3. The quantitative estimate of drug-likeness (QED) is 0.738. The van der Waals surface area contributed by atoms with E-state index in [-0.39, 0.29) is 11.8 Å². The number of nitrogens with two attached hydrogens (primary N) is 2. The number of benzene rings is 1. The molecule has 1 aromatic carbocycles. The van der Waals surface area contributed by atoms with E-state index >= 15 is 0 Å². The van der Waals surface area contributed by atoms with Crippen molar-refractivity contribution in [2.75, 3.05) is 38.1 Å². The molecule has 0 unspecified atom stereocenters. The summed E-state index contributed by atoms with van der Waals surface area (Å²) in [5, 5.41) is 12.9. The fraction of sp³-hybridized carbons (Fsp3) is 0.278. The summed E-state index contributed by atoms with van der Waals surface area (Å²) < 4.78 is 16.3. The van der Waals surface area contributed by atoms with Gasteiger partial charge >= 0.3 is 0 Å². The number of nitriles is 1. The maximum atomic E-state index is 9.78. The highest BCUT2D eigenvalue weighted by Crippen LogP contribution is 2.47. The van der Waals surface area contributed by atoms with Gasteiger partial charge in [-0.15, -0.1) is 0 Å². The standard InChI is InChI=1S/C18H20N6O3/c1-8-10(7-19)13(14-16(20)23-18(21)24-17(14)22-8)9-5-11(25-2)15(27-4)12(6-9)26-3/h5-6,13H,1-4H3,(H5,20,21,22,23,24)/t13-/m0/s1. The second-order valence-electron chi connectivity index (χ2n) is 5.90. The van der Waals surface area contributed by atoms with E-state index in [1.165, 1.54) is 21.3 Å². The number of nitrogens with one attached hydrogen (secondary N) is 1. The second kappa shape index (κ2) is 6.92. The number of fused-ring (bicyclic) bond motifs is 1. The third-order valence-electron chi connectivity index (χ3n) is 4.42. The second-order valence-corrected chi connectivity index (χ2v) is 5.90. The van der Waals surface area contributed by atoms with Gasteiger partial charge in [0.25, 0.3) is 0 Å². The zero-order valence-corrected chi connectivity index (χ0v) is 15.5. The lowest BCUT2D eigenvalue weighted by molar-refractivity contribution is 0.323. The zero-order valence-electron chi connectivity index (χ0n) is 15.5. The summed E-state index contributed by atoms with van der Waals surface area (Å²) in [5.41, 5.74) is 14.3. The van der Waals surface area contributed by atoms with Crippen LogP contribution < -0.4 is 31.0 Å². The molecule has 3 rings (SSSR count). The molecule has 1 atom stereocenters. The van der Waals surface area contributed by atoms with Gasteiger partial charge in [-0.2, -0.15) is 15.2 Å². The van der Waals surface area contributed by atoms with Crippen LogP contribution in [-0.2, 0) is 0 Å². The largest absolute Gasteiger partial charge is 0.493 e. The number of hydrogen-bond donors (Lipinski definition) is 3. The first-order chi connectivity index (χ1) is 12.9. The number of anilines is 3. The molecular weight excluding hydrogens is 348 g/mol. The minimum Gasteiger partial charge on any atom is -0.493 e. The molecule has 1 aliphatic rings. The van der Waals surface area contributed by atoms with Crippen molar-refractivity contribution in [2.24, 2.45) is 0 Å². The number of nitrogens with zero attached hydrogens (tertiary/aromatic N) is 3. The van der Waals surface area contributed by atoms with Gasteiger partial charge in [0.05, 0.1) is 38.9 Å². The summed E-state index contributed by atoms with van der Waals surface area (Å²) in [5.74, 6) is 1.60. The highest BCUT2D eigenvalue weighted by molar-refractivity contribution is 5.72. The molecule has 0 amide bonds. The van der Waals surface area contributed by atoms with E-state index in [0.29, 0.717) is 39.9 Å². The Balaban J connectivity index is 2.32. The summed E-state index contributed by atoms with van der Waals surface area (Å²) >= 11 is 0. The lowest BCUT2D eigenvalue weighted by Crippen LogP contribution is -2.21. The summed E-state index contributed by atoms with van der Waals surface area (Å²) in [6.07, 6.45) is 0. The van der Waals surface area contributed by atoms with Crippen molar-refractivity contribution in [3.63, 3.8) is 0 Å². The maximum Gasteiger partial charge on any atom is 0.223 e. The molecule has 0 spiro atoms. The van der Waals surface area contributed by atoms with Crippen LogP contribution in [-0.4, -0.2) is 31.3 Å². The monoisotopic (exact) mass is 368 g/mol. The Hall–Kier alpha value is -3.67. The lowest BCUT2D eigenvalue weighted by Gasteiger charge is -2.28. The van der Waals surface area contributed by atoms with Crippen molar-refractivity contribution in [3.8, 4) is 23.3 Å². The van der Waals surface area contributed by atoms with Gasteiger partial charge in [0.1, 0.15) is 11.6 Å². The average Bonchev–Trinajstić information content (AvgIpc) is 2.65. The number of aromatic nitrogens is 2. The Morgan fingerprint density at radius 2 is 1.70 bits per heavy atom. The molecule has 0 radical (unpaired) electrons. The fourth-order valence-electron chi connectivity index (χ4n) is 3.24. The molecule has 0 fully saturated rings. The molecule has 0 saturated carbocycles. The fourth-order valence-corrected chi connectivity index (χ4v) is 3.24. The number of allylic oxidation sites excluding steroid dienone is 2. The predicted octanol–water partition coefficient (Wildman–Crippen LogP) is 2.02. The Labute approximate surface area is 156 Å². The minimum absolute atomic E-state index is 0.0515. The number of nitrogen functional groups attached to an aromatic ring is 2. The molecule has 27 heavy (non-hydrogen) atoms. The van der Waals surface area contributed by atoms with Crippen LogP contribution in [0.4, 0.5) is 17.6 Å². The van der Waals surface area contributed by atoms with Crippen molar-refractivity contribution in [3.05, 3.63) is 34.5 Å². The van der Waals surface area contributed by atoms with E-state index in [9.17, 15) is 5.26 Å². The van der Waals surface area contributed by atoms with Crippen LogP contribution in [0.2, 0.25) is 0 Å². The van der Waals surface area contributed by atoms with Crippen molar-refractivity contribution in [1.29, 1.82) is 5.26 Å². The highest BCUT2D eigenvalue weighted by Gasteiger charge is 2.33. The third-order valence-corrected chi connectivity index (χ3v) is 4.42. The predicted molar refractivity (Wildman–Crippen MR) is 101 cm³/mol. The van der Waals surface area contributed by atoms with E-state index < -0.39 is 5.92 Å². The number of rotatable bonds is 4. The number of ether oxygens (including phenoxy) is 3. The first kappa shape index (κ1) is 18.1. The van der Waals surface area contributed by atoms with Crippen LogP contribution in [0, 0.1) is 11.3 Å². The Morgan fingerprint density at radius 3 is 2.22 bits per heavy atom. The molecule has 2 heterocycles. The number of methoxy groups -OCH3 is 3. The minimum atomic E-state index is -0.513.